The van der Waals surface area contributed by atoms with E-state index in [1.807, 2.05) is 0 Å². The number of hydrogen-bond donors (Lipinski definition) is 1. The zero-order valence-corrected chi connectivity index (χ0v) is 12.6. The van der Waals surface area contributed by atoms with Crippen LogP contribution in [0.5, 0.6) is 0 Å². The predicted molar refractivity (Wildman–Crippen MR) is 83.5 cm³/mol. The third-order valence-corrected chi connectivity index (χ3v) is 4.22. The Morgan fingerprint density at radius 2 is 1.84 bits per heavy atom. The van der Waals surface area contributed by atoms with Gasteiger partial charge in [-0.1, -0.05) is 48.3 Å². The number of aryl methyl sites for hydroxylation is 2. The first-order valence-corrected chi connectivity index (χ1v) is 7.65. The molecule has 1 heteroatoms. The van der Waals surface area contributed by atoms with E-state index in [4.69, 9.17) is 0 Å². The zero-order chi connectivity index (χ0) is 13.7. The Morgan fingerprint density at radius 1 is 1.05 bits per heavy atom. The molecule has 0 saturated heterocycles. The van der Waals surface area contributed by atoms with Crippen molar-refractivity contribution in [2.45, 2.75) is 58.4 Å². The van der Waals surface area contributed by atoms with Crippen LogP contribution in [0.2, 0.25) is 0 Å². The lowest BCUT2D eigenvalue weighted by molar-refractivity contribution is 0.572. The summed E-state index contributed by atoms with van der Waals surface area (Å²) in [6.45, 7) is 4.40. The molecular weight excluding hydrogens is 230 g/mol. The molecule has 1 aromatic rings. The van der Waals surface area contributed by atoms with Gasteiger partial charge in [0.1, 0.15) is 0 Å². The Kier molecular flexibility index (Phi) is 5.21. The van der Waals surface area contributed by atoms with Gasteiger partial charge in [-0.05, 0) is 57.7 Å². The van der Waals surface area contributed by atoms with E-state index in [-0.39, 0.29) is 0 Å². The highest BCUT2D eigenvalue weighted by Crippen LogP contribution is 2.30. The number of allylic oxidation sites excluding steroid dienone is 1. The summed E-state index contributed by atoms with van der Waals surface area (Å²) in [5.74, 6) is 0. The van der Waals surface area contributed by atoms with Crippen LogP contribution in [0.3, 0.4) is 0 Å². The molecule has 0 saturated carbocycles. The molecule has 0 spiro atoms. The maximum Gasteiger partial charge on any atom is 0.0536 e. The van der Waals surface area contributed by atoms with Crippen molar-refractivity contribution >= 4 is 0 Å². The molecule has 0 amide bonds. The minimum atomic E-state index is 0.402. The highest BCUT2D eigenvalue weighted by atomic mass is 14.9. The van der Waals surface area contributed by atoms with Gasteiger partial charge in [0.25, 0.3) is 0 Å². The van der Waals surface area contributed by atoms with E-state index in [1.54, 1.807) is 5.57 Å². The lowest BCUT2D eigenvalue weighted by Gasteiger charge is -2.24. The lowest BCUT2D eigenvalue weighted by Crippen LogP contribution is -2.20. The smallest absolute Gasteiger partial charge is 0.0536 e. The standard InChI is InChI=1S/C18H27N/c1-14-11-12-17(15(2)13-14)18(19-3)16-9-7-5-4-6-8-10-16/h9,11-13,18-19H,4-8,10H2,1-3H3/b16-9+. The molecule has 1 aliphatic rings. The summed E-state index contributed by atoms with van der Waals surface area (Å²) < 4.78 is 0. The Hall–Kier alpha value is -1.08. The SMILES string of the molecule is CNC(/C1=C/CCCCCC1)c1ccc(C)cc1C. The van der Waals surface area contributed by atoms with E-state index in [9.17, 15) is 0 Å². The summed E-state index contributed by atoms with van der Waals surface area (Å²) in [5.41, 5.74) is 5.79. The minimum absolute atomic E-state index is 0.402. The van der Waals surface area contributed by atoms with Gasteiger partial charge in [0.2, 0.25) is 0 Å². The van der Waals surface area contributed by atoms with Crippen LogP contribution in [0.4, 0.5) is 0 Å². The fraction of sp³-hybridized carbons (Fsp3) is 0.556. The van der Waals surface area contributed by atoms with Crippen LogP contribution in [-0.4, -0.2) is 7.05 Å². The molecular formula is C18H27N. The van der Waals surface area contributed by atoms with Crippen molar-refractivity contribution in [3.05, 3.63) is 46.5 Å². The molecule has 1 atom stereocenters. The molecule has 19 heavy (non-hydrogen) atoms. The van der Waals surface area contributed by atoms with Crippen molar-refractivity contribution in [1.82, 2.24) is 5.32 Å². The van der Waals surface area contributed by atoms with Crippen molar-refractivity contribution in [3.63, 3.8) is 0 Å². The molecule has 0 bridgehead atoms. The molecule has 0 aliphatic heterocycles. The average Bonchev–Trinajstić information content (AvgIpc) is 2.34. The molecule has 0 radical (unpaired) electrons. The third-order valence-electron chi connectivity index (χ3n) is 4.22. The van der Waals surface area contributed by atoms with Gasteiger partial charge in [-0.15, -0.1) is 0 Å². The summed E-state index contributed by atoms with van der Waals surface area (Å²) in [5, 5.41) is 3.53. The van der Waals surface area contributed by atoms with Crippen LogP contribution in [0.1, 0.15) is 61.3 Å². The predicted octanol–water partition coefficient (Wildman–Crippen LogP) is 4.84. The van der Waals surface area contributed by atoms with Crippen molar-refractivity contribution in [2.75, 3.05) is 7.05 Å². The number of rotatable bonds is 3. The van der Waals surface area contributed by atoms with Crippen molar-refractivity contribution in [1.29, 1.82) is 0 Å². The van der Waals surface area contributed by atoms with Gasteiger partial charge in [0.05, 0.1) is 6.04 Å². The van der Waals surface area contributed by atoms with Crippen LogP contribution < -0.4 is 5.32 Å². The molecule has 104 valence electrons. The van der Waals surface area contributed by atoms with Gasteiger partial charge >= 0.3 is 0 Å². The molecule has 1 aromatic carbocycles. The largest absolute Gasteiger partial charge is 0.310 e. The summed E-state index contributed by atoms with van der Waals surface area (Å²) in [4.78, 5) is 0. The maximum absolute atomic E-state index is 3.53. The summed E-state index contributed by atoms with van der Waals surface area (Å²) in [6.07, 6.45) is 10.5. The average molecular weight is 257 g/mol. The van der Waals surface area contributed by atoms with Crippen molar-refractivity contribution in [2.24, 2.45) is 0 Å². The Labute approximate surface area is 118 Å². The molecule has 2 rings (SSSR count). The second kappa shape index (κ2) is 6.91. The molecule has 1 N–H and O–H groups in total. The Bertz CT molecular complexity index is 445. The van der Waals surface area contributed by atoms with E-state index in [0.717, 1.165) is 0 Å². The van der Waals surface area contributed by atoms with Gasteiger partial charge in [-0.3, -0.25) is 0 Å². The highest BCUT2D eigenvalue weighted by molar-refractivity contribution is 5.37. The number of nitrogens with one attached hydrogen (secondary N) is 1. The molecule has 0 heterocycles. The van der Waals surface area contributed by atoms with Gasteiger partial charge in [-0.2, -0.15) is 0 Å². The maximum atomic E-state index is 3.53. The van der Waals surface area contributed by atoms with Crippen molar-refractivity contribution < 1.29 is 0 Å². The van der Waals surface area contributed by atoms with Crippen LogP contribution in [-0.2, 0) is 0 Å². The minimum Gasteiger partial charge on any atom is -0.310 e. The number of hydrogen-bond acceptors (Lipinski definition) is 1. The third kappa shape index (κ3) is 3.70. The normalized spacial score (nSPS) is 21.1. The van der Waals surface area contributed by atoms with E-state index in [0.29, 0.717) is 6.04 Å². The monoisotopic (exact) mass is 257 g/mol. The first-order valence-electron chi connectivity index (χ1n) is 7.65. The fourth-order valence-corrected chi connectivity index (χ4v) is 3.17. The van der Waals surface area contributed by atoms with Crippen LogP contribution in [0.15, 0.2) is 29.8 Å². The van der Waals surface area contributed by atoms with Crippen LogP contribution >= 0.6 is 0 Å². The Morgan fingerprint density at radius 3 is 2.58 bits per heavy atom. The quantitative estimate of drug-likeness (QED) is 0.764. The fourth-order valence-electron chi connectivity index (χ4n) is 3.17. The lowest BCUT2D eigenvalue weighted by atomic mass is 9.88. The van der Waals surface area contributed by atoms with Crippen LogP contribution in [0.25, 0.3) is 0 Å². The van der Waals surface area contributed by atoms with Crippen molar-refractivity contribution in [3.8, 4) is 0 Å². The number of likely N-dealkylation sites (N-methyl/N-ethyl adjacent to an activating group) is 1. The van der Waals surface area contributed by atoms with Gasteiger partial charge in [0.15, 0.2) is 0 Å². The van der Waals surface area contributed by atoms with Gasteiger partial charge in [-0.25, -0.2) is 0 Å². The van der Waals surface area contributed by atoms with Gasteiger partial charge in [0, 0.05) is 0 Å². The highest BCUT2D eigenvalue weighted by Gasteiger charge is 2.17. The second-order valence-corrected chi connectivity index (χ2v) is 5.81. The molecule has 1 nitrogen and oxygen atoms in total. The van der Waals surface area contributed by atoms with E-state index < -0.39 is 0 Å². The van der Waals surface area contributed by atoms with Gasteiger partial charge < -0.3 is 5.32 Å². The summed E-state index contributed by atoms with van der Waals surface area (Å²) >= 11 is 0. The molecule has 1 aliphatic carbocycles. The first kappa shape index (κ1) is 14.3. The van der Waals surface area contributed by atoms with E-state index in [2.05, 4.69) is 50.5 Å². The van der Waals surface area contributed by atoms with E-state index in [1.165, 1.54) is 55.2 Å². The topological polar surface area (TPSA) is 12.0 Å². The second-order valence-electron chi connectivity index (χ2n) is 5.81. The summed E-state index contributed by atoms with van der Waals surface area (Å²) in [7, 11) is 2.09. The first-order chi connectivity index (χ1) is 9.22. The zero-order valence-electron chi connectivity index (χ0n) is 12.6. The molecule has 0 aromatic heterocycles. The molecule has 1 unspecified atom stereocenters. The number of benzene rings is 1. The molecule has 0 fully saturated rings. The summed E-state index contributed by atoms with van der Waals surface area (Å²) in [6, 6.07) is 7.23. The Balaban J connectivity index is 2.27. The van der Waals surface area contributed by atoms with Crippen LogP contribution in [0, 0.1) is 13.8 Å². The van der Waals surface area contributed by atoms with E-state index >= 15 is 0 Å².